The van der Waals surface area contributed by atoms with Gasteiger partial charge in [0.25, 0.3) is 0 Å². The van der Waals surface area contributed by atoms with Gasteiger partial charge in [-0.25, -0.2) is 0 Å². The maximum absolute atomic E-state index is 9.70. The van der Waals surface area contributed by atoms with E-state index in [2.05, 4.69) is 0 Å². The van der Waals surface area contributed by atoms with E-state index >= 15 is 0 Å². The first-order valence-corrected chi connectivity index (χ1v) is 4.07. The molecule has 1 aromatic rings. The largest absolute Gasteiger partial charge is 0.504 e. The van der Waals surface area contributed by atoms with Crippen molar-refractivity contribution in [2.45, 2.75) is 13.0 Å². The Morgan fingerprint density at radius 2 is 2.23 bits per heavy atom. The molecule has 2 rings (SSSR count). The third-order valence-corrected chi connectivity index (χ3v) is 2.03. The fourth-order valence-corrected chi connectivity index (χ4v) is 1.34. The van der Waals surface area contributed by atoms with Crippen LogP contribution in [-0.4, -0.2) is 11.9 Å². The molecule has 1 aromatic carbocycles. The summed E-state index contributed by atoms with van der Waals surface area (Å²) >= 11 is 0. The lowest BCUT2D eigenvalue weighted by Crippen LogP contribution is -2.05. The molecule has 1 aliphatic rings. The van der Waals surface area contributed by atoms with E-state index in [-0.39, 0.29) is 18.6 Å². The minimum Gasteiger partial charge on any atom is -0.504 e. The van der Waals surface area contributed by atoms with Gasteiger partial charge in [0, 0.05) is 11.6 Å². The molecule has 0 spiro atoms. The molecule has 70 valence electrons. The Morgan fingerprint density at radius 3 is 2.92 bits per heavy atom. The number of rotatable bonds is 1. The minimum absolute atomic E-state index is 0.0880. The standard InChI is InChI=1S/C9H11NO3/c1-5(10)6-2-3-7-9(8(6)11)13-4-12-7/h2-3,5,11H,4,10H2,1H3/t5-/m1/s1. The van der Waals surface area contributed by atoms with Crippen molar-refractivity contribution >= 4 is 0 Å². The summed E-state index contributed by atoms with van der Waals surface area (Å²) in [5, 5.41) is 9.70. The fourth-order valence-electron chi connectivity index (χ4n) is 1.34. The summed E-state index contributed by atoms with van der Waals surface area (Å²) in [6.45, 7) is 1.96. The normalized spacial score (nSPS) is 15.8. The average molecular weight is 181 g/mol. The first-order chi connectivity index (χ1) is 6.20. The molecular formula is C9H11NO3. The van der Waals surface area contributed by atoms with Crippen molar-refractivity contribution in [1.82, 2.24) is 0 Å². The van der Waals surface area contributed by atoms with Crippen LogP contribution in [0.25, 0.3) is 0 Å². The molecule has 0 aromatic heterocycles. The summed E-state index contributed by atoms with van der Waals surface area (Å²) in [6, 6.07) is 3.28. The molecular weight excluding hydrogens is 170 g/mol. The molecule has 4 nitrogen and oxygen atoms in total. The Morgan fingerprint density at radius 1 is 1.46 bits per heavy atom. The number of nitrogens with two attached hydrogens (primary N) is 1. The second-order valence-corrected chi connectivity index (χ2v) is 3.03. The van der Waals surface area contributed by atoms with Crippen molar-refractivity contribution in [2.24, 2.45) is 5.73 Å². The molecule has 0 saturated heterocycles. The van der Waals surface area contributed by atoms with Gasteiger partial charge in [0.2, 0.25) is 12.5 Å². The third kappa shape index (κ3) is 1.19. The van der Waals surface area contributed by atoms with E-state index in [4.69, 9.17) is 15.2 Å². The van der Waals surface area contributed by atoms with Crippen LogP contribution in [0.5, 0.6) is 17.2 Å². The van der Waals surface area contributed by atoms with E-state index in [1.165, 1.54) is 0 Å². The molecule has 13 heavy (non-hydrogen) atoms. The zero-order valence-corrected chi connectivity index (χ0v) is 7.28. The number of ether oxygens (including phenoxy) is 2. The lowest BCUT2D eigenvalue weighted by atomic mass is 10.1. The van der Waals surface area contributed by atoms with Gasteiger partial charge in [-0.05, 0) is 19.1 Å². The molecule has 0 amide bonds. The zero-order valence-electron chi connectivity index (χ0n) is 7.28. The Labute approximate surface area is 75.9 Å². The highest BCUT2D eigenvalue weighted by atomic mass is 16.7. The fraction of sp³-hybridized carbons (Fsp3) is 0.333. The number of hydrogen-bond donors (Lipinski definition) is 2. The molecule has 0 aliphatic carbocycles. The predicted octanol–water partition coefficient (Wildman–Crippen LogP) is 1.14. The van der Waals surface area contributed by atoms with Crippen LogP contribution in [0, 0.1) is 0 Å². The molecule has 0 saturated carbocycles. The molecule has 1 heterocycles. The third-order valence-electron chi connectivity index (χ3n) is 2.03. The van der Waals surface area contributed by atoms with Gasteiger partial charge in [-0.15, -0.1) is 0 Å². The van der Waals surface area contributed by atoms with E-state index in [0.29, 0.717) is 17.1 Å². The molecule has 4 heteroatoms. The number of fused-ring (bicyclic) bond motifs is 1. The van der Waals surface area contributed by atoms with E-state index in [9.17, 15) is 5.11 Å². The Hall–Kier alpha value is -1.42. The molecule has 0 bridgehead atoms. The number of phenols is 1. The average Bonchev–Trinajstić information content (AvgIpc) is 2.52. The van der Waals surface area contributed by atoms with Gasteiger partial charge in [-0.3, -0.25) is 0 Å². The molecule has 0 radical (unpaired) electrons. The zero-order chi connectivity index (χ0) is 9.42. The van der Waals surface area contributed by atoms with Crippen molar-refractivity contribution in [3.8, 4) is 17.2 Å². The van der Waals surface area contributed by atoms with Crippen LogP contribution in [0.1, 0.15) is 18.5 Å². The highest BCUT2D eigenvalue weighted by Crippen LogP contribution is 2.43. The molecule has 0 fully saturated rings. The first-order valence-electron chi connectivity index (χ1n) is 4.07. The summed E-state index contributed by atoms with van der Waals surface area (Å²) in [4.78, 5) is 0. The van der Waals surface area contributed by atoms with Crippen LogP contribution in [0.4, 0.5) is 0 Å². The first kappa shape index (κ1) is 8.19. The summed E-state index contributed by atoms with van der Waals surface area (Å²) in [5.41, 5.74) is 6.32. The summed E-state index contributed by atoms with van der Waals surface area (Å²) in [6.07, 6.45) is 0. The number of hydrogen-bond acceptors (Lipinski definition) is 4. The smallest absolute Gasteiger partial charge is 0.231 e. The lowest BCUT2D eigenvalue weighted by Gasteiger charge is -2.09. The van der Waals surface area contributed by atoms with Crippen molar-refractivity contribution < 1.29 is 14.6 Å². The summed E-state index contributed by atoms with van der Waals surface area (Å²) < 4.78 is 10.2. The Kier molecular flexibility index (Phi) is 1.77. The van der Waals surface area contributed by atoms with E-state index in [1.807, 2.05) is 0 Å². The highest BCUT2D eigenvalue weighted by molar-refractivity contribution is 5.56. The minimum atomic E-state index is -0.213. The van der Waals surface area contributed by atoms with Crippen LogP contribution in [0.3, 0.4) is 0 Å². The van der Waals surface area contributed by atoms with Crippen molar-refractivity contribution in [1.29, 1.82) is 0 Å². The monoisotopic (exact) mass is 181 g/mol. The predicted molar refractivity (Wildman–Crippen MR) is 46.8 cm³/mol. The van der Waals surface area contributed by atoms with Crippen LogP contribution in [-0.2, 0) is 0 Å². The van der Waals surface area contributed by atoms with Gasteiger partial charge >= 0.3 is 0 Å². The van der Waals surface area contributed by atoms with Gasteiger partial charge in [0.1, 0.15) is 0 Å². The second-order valence-electron chi connectivity index (χ2n) is 3.03. The van der Waals surface area contributed by atoms with Gasteiger partial charge in [0.15, 0.2) is 11.5 Å². The van der Waals surface area contributed by atoms with Gasteiger partial charge in [0.05, 0.1) is 0 Å². The molecule has 1 aliphatic heterocycles. The van der Waals surface area contributed by atoms with Crippen molar-refractivity contribution in [3.63, 3.8) is 0 Å². The van der Waals surface area contributed by atoms with E-state index in [1.54, 1.807) is 19.1 Å². The molecule has 0 unspecified atom stereocenters. The van der Waals surface area contributed by atoms with Crippen molar-refractivity contribution in [3.05, 3.63) is 17.7 Å². The van der Waals surface area contributed by atoms with Crippen molar-refractivity contribution in [2.75, 3.05) is 6.79 Å². The van der Waals surface area contributed by atoms with Crippen LogP contribution >= 0.6 is 0 Å². The summed E-state index contributed by atoms with van der Waals surface area (Å²) in [5.74, 6) is 1.06. The lowest BCUT2D eigenvalue weighted by molar-refractivity contribution is 0.171. The van der Waals surface area contributed by atoms with Gasteiger partial charge in [-0.1, -0.05) is 0 Å². The van der Waals surface area contributed by atoms with E-state index < -0.39 is 0 Å². The topological polar surface area (TPSA) is 64.7 Å². The van der Waals surface area contributed by atoms with Crippen LogP contribution in [0.15, 0.2) is 12.1 Å². The second kappa shape index (κ2) is 2.81. The Balaban J connectivity index is 2.52. The number of benzene rings is 1. The maximum atomic E-state index is 9.70. The summed E-state index contributed by atoms with van der Waals surface area (Å²) in [7, 11) is 0. The molecule has 1 atom stereocenters. The van der Waals surface area contributed by atoms with Gasteiger partial charge < -0.3 is 20.3 Å². The van der Waals surface area contributed by atoms with E-state index in [0.717, 1.165) is 0 Å². The quantitative estimate of drug-likeness (QED) is 0.681. The molecule has 3 N–H and O–H groups in total. The number of aromatic hydroxyl groups is 1. The number of phenolic OH excluding ortho intramolecular Hbond substituents is 1. The van der Waals surface area contributed by atoms with Crippen LogP contribution < -0.4 is 15.2 Å². The highest BCUT2D eigenvalue weighted by Gasteiger charge is 2.21. The van der Waals surface area contributed by atoms with Gasteiger partial charge in [-0.2, -0.15) is 0 Å². The maximum Gasteiger partial charge on any atom is 0.231 e. The van der Waals surface area contributed by atoms with Crippen LogP contribution in [0.2, 0.25) is 0 Å². The Bertz CT molecular complexity index is 336. The SMILES string of the molecule is C[C@@H](N)c1ccc2c(c1O)OCO2.